The molecule has 92 valence electrons. The summed E-state index contributed by atoms with van der Waals surface area (Å²) in [5.74, 6) is -0.897. The van der Waals surface area contributed by atoms with Crippen molar-refractivity contribution in [3.63, 3.8) is 0 Å². The fourth-order valence-corrected chi connectivity index (χ4v) is 4.00. The van der Waals surface area contributed by atoms with E-state index < -0.39 is 21.9 Å². The molecule has 1 fully saturated rings. The van der Waals surface area contributed by atoms with Gasteiger partial charge >= 0.3 is 0 Å². The predicted octanol–water partition coefficient (Wildman–Crippen LogP) is 0.665. The first-order chi connectivity index (χ1) is 7.98. The number of aliphatic hydroxyl groups is 1. The number of sulfone groups is 1. The van der Waals surface area contributed by atoms with E-state index in [1.807, 2.05) is 6.07 Å². The average Bonchev–Trinajstić information content (AvgIpc) is 2.53. The SMILES string of the molecule is O=C(CC1CS(=O)(=O)CC1O)c1ccccc1. The molecule has 2 atom stereocenters. The van der Waals surface area contributed by atoms with Gasteiger partial charge < -0.3 is 5.11 Å². The molecule has 17 heavy (non-hydrogen) atoms. The minimum Gasteiger partial charge on any atom is -0.392 e. The van der Waals surface area contributed by atoms with E-state index in [2.05, 4.69) is 0 Å². The highest BCUT2D eigenvalue weighted by Gasteiger charge is 2.37. The molecule has 2 rings (SSSR count). The van der Waals surface area contributed by atoms with Gasteiger partial charge in [0.1, 0.15) is 0 Å². The van der Waals surface area contributed by atoms with Gasteiger partial charge in [0, 0.05) is 17.9 Å². The Morgan fingerprint density at radius 1 is 1.24 bits per heavy atom. The molecule has 4 nitrogen and oxygen atoms in total. The molecule has 1 saturated heterocycles. The van der Waals surface area contributed by atoms with Crippen LogP contribution in [0.2, 0.25) is 0 Å². The Kier molecular flexibility index (Phi) is 3.31. The molecule has 2 unspecified atom stereocenters. The van der Waals surface area contributed by atoms with Crippen molar-refractivity contribution in [2.24, 2.45) is 5.92 Å². The zero-order chi connectivity index (χ0) is 12.5. The molecule has 1 heterocycles. The van der Waals surface area contributed by atoms with Gasteiger partial charge in [-0.05, 0) is 0 Å². The Labute approximate surface area is 100 Å². The molecular weight excluding hydrogens is 240 g/mol. The summed E-state index contributed by atoms with van der Waals surface area (Å²) in [5.41, 5.74) is 0.559. The van der Waals surface area contributed by atoms with E-state index in [0.717, 1.165) is 0 Å². The summed E-state index contributed by atoms with van der Waals surface area (Å²) < 4.78 is 22.6. The summed E-state index contributed by atoms with van der Waals surface area (Å²) in [7, 11) is -3.17. The fourth-order valence-electron chi connectivity index (χ4n) is 2.08. The first-order valence-corrected chi connectivity index (χ1v) is 7.27. The minimum absolute atomic E-state index is 0.0877. The van der Waals surface area contributed by atoms with E-state index in [1.165, 1.54) is 0 Å². The maximum Gasteiger partial charge on any atom is 0.163 e. The molecule has 0 bridgehead atoms. The van der Waals surface area contributed by atoms with Crippen LogP contribution in [-0.4, -0.2) is 36.9 Å². The highest BCUT2D eigenvalue weighted by molar-refractivity contribution is 7.91. The van der Waals surface area contributed by atoms with Gasteiger partial charge in [0.25, 0.3) is 0 Å². The van der Waals surface area contributed by atoms with Crippen LogP contribution in [0.25, 0.3) is 0 Å². The highest BCUT2D eigenvalue weighted by atomic mass is 32.2. The van der Waals surface area contributed by atoms with E-state index in [1.54, 1.807) is 24.3 Å². The van der Waals surface area contributed by atoms with Gasteiger partial charge in [-0.2, -0.15) is 0 Å². The number of aliphatic hydroxyl groups excluding tert-OH is 1. The molecule has 0 amide bonds. The second-order valence-corrected chi connectivity index (χ2v) is 6.55. The third-order valence-corrected chi connectivity index (χ3v) is 4.77. The van der Waals surface area contributed by atoms with E-state index in [4.69, 9.17) is 0 Å². The molecule has 0 aliphatic carbocycles. The number of carbonyl (C=O) groups excluding carboxylic acids is 1. The van der Waals surface area contributed by atoms with Crippen LogP contribution in [0.15, 0.2) is 30.3 Å². The molecule has 1 aromatic rings. The molecule has 0 saturated carbocycles. The van der Waals surface area contributed by atoms with Crippen LogP contribution in [-0.2, 0) is 9.84 Å². The van der Waals surface area contributed by atoms with Crippen LogP contribution >= 0.6 is 0 Å². The van der Waals surface area contributed by atoms with Crippen LogP contribution < -0.4 is 0 Å². The van der Waals surface area contributed by atoms with Crippen molar-refractivity contribution in [1.82, 2.24) is 0 Å². The number of Topliss-reactive ketones (excluding diaryl/α,β-unsaturated/α-hetero) is 1. The molecule has 1 aromatic carbocycles. The largest absolute Gasteiger partial charge is 0.392 e. The number of hydrogen-bond donors (Lipinski definition) is 1. The quantitative estimate of drug-likeness (QED) is 0.805. The Hall–Kier alpha value is -1.20. The Morgan fingerprint density at radius 3 is 2.41 bits per heavy atom. The molecule has 1 N–H and O–H groups in total. The molecule has 5 heteroatoms. The van der Waals surface area contributed by atoms with Crippen LogP contribution in [0.5, 0.6) is 0 Å². The van der Waals surface area contributed by atoms with Crippen molar-refractivity contribution in [1.29, 1.82) is 0 Å². The number of carbonyl (C=O) groups is 1. The van der Waals surface area contributed by atoms with Crippen molar-refractivity contribution in [3.05, 3.63) is 35.9 Å². The van der Waals surface area contributed by atoms with E-state index in [0.29, 0.717) is 5.56 Å². The second kappa shape index (κ2) is 4.58. The van der Waals surface area contributed by atoms with Crippen LogP contribution in [0.1, 0.15) is 16.8 Å². The number of rotatable bonds is 3. The Balaban J connectivity index is 2.06. The number of ketones is 1. The van der Waals surface area contributed by atoms with E-state index >= 15 is 0 Å². The lowest BCUT2D eigenvalue weighted by Crippen LogP contribution is -2.21. The van der Waals surface area contributed by atoms with Crippen molar-refractivity contribution < 1.29 is 18.3 Å². The molecule has 0 aromatic heterocycles. The van der Waals surface area contributed by atoms with Gasteiger partial charge in [-0.15, -0.1) is 0 Å². The maximum atomic E-state index is 11.9. The second-order valence-electron chi connectivity index (χ2n) is 4.40. The Morgan fingerprint density at radius 2 is 1.88 bits per heavy atom. The normalized spacial score (nSPS) is 26.9. The summed E-state index contributed by atoms with van der Waals surface area (Å²) >= 11 is 0. The minimum atomic E-state index is -3.17. The third kappa shape index (κ3) is 2.92. The van der Waals surface area contributed by atoms with Gasteiger partial charge in [0.05, 0.1) is 17.6 Å². The predicted molar refractivity (Wildman–Crippen MR) is 63.5 cm³/mol. The first-order valence-electron chi connectivity index (χ1n) is 5.45. The van der Waals surface area contributed by atoms with E-state index in [-0.39, 0.29) is 23.7 Å². The summed E-state index contributed by atoms with van der Waals surface area (Å²) in [4.78, 5) is 11.9. The fraction of sp³-hybridized carbons (Fsp3) is 0.417. The van der Waals surface area contributed by atoms with Gasteiger partial charge in [0.2, 0.25) is 0 Å². The van der Waals surface area contributed by atoms with Gasteiger partial charge in [-0.3, -0.25) is 4.79 Å². The summed E-state index contributed by atoms with van der Waals surface area (Å²) in [6.07, 6.45) is -0.822. The smallest absolute Gasteiger partial charge is 0.163 e. The van der Waals surface area contributed by atoms with Crippen LogP contribution in [0.4, 0.5) is 0 Å². The zero-order valence-corrected chi connectivity index (χ0v) is 10.1. The number of benzene rings is 1. The van der Waals surface area contributed by atoms with Crippen LogP contribution in [0, 0.1) is 5.92 Å². The topological polar surface area (TPSA) is 71.4 Å². The molecule has 1 aliphatic rings. The average molecular weight is 254 g/mol. The molecule has 0 radical (unpaired) electrons. The summed E-state index contributed by atoms with van der Waals surface area (Å²) in [5, 5.41) is 9.59. The van der Waals surface area contributed by atoms with E-state index in [9.17, 15) is 18.3 Å². The summed E-state index contributed by atoms with van der Waals surface area (Å²) in [6.45, 7) is 0. The van der Waals surface area contributed by atoms with Crippen molar-refractivity contribution in [2.45, 2.75) is 12.5 Å². The monoisotopic (exact) mass is 254 g/mol. The standard InChI is InChI=1S/C12H14O4S/c13-11(9-4-2-1-3-5-9)6-10-7-17(15,16)8-12(10)14/h1-5,10,12,14H,6-8H2. The first kappa shape index (κ1) is 12.3. The lowest BCUT2D eigenvalue weighted by molar-refractivity contribution is 0.0894. The maximum absolute atomic E-state index is 11.9. The molecule has 1 aliphatic heterocycles. The van der Waals surface area contributed by atoms with Crippen molar-refractivity contribution >= 4 is 15.6 Å². The summed E-state index contributed by atoms with van der Waals surface area (Å²) in [6, 6.07) is 8.71. The lowest BCUT2D eigenvalue weighted by atomic mass is 9.96. The zero-order valence-electron chi connectivity index (χ0n) is 9.24. The molecular formula is C12H14O4S. The highest BCUT2D eigenvalue weighted by Crippen LogP contribution is 2.23. The van der Waals surface area contributed by atoms with Crippen LogP contribution in [0.3, 0.4) is 0 Å². The van der Waals surface area contributed by atoms with Crippen molar-refractivity contribution in [3.8, 4) is 0 Å². The van der Waals surface area contributed by atoms with Gasteiger partial charge in [-0.25, -0.2) is 8.42 Å². The molecule has 0 spiro atoms. The Bertz CT molecular complexity index is 507. The third-order valence-electron chi connectivity index (χ3n) is 2.98. The van der Waals surface area contributed by atoms with Gasteiger partial charge in [0.15, 0.2) is 15.6 Å². The lowest BCUT2D eigenvalue weighted by Gasteiger charge is -2.11. The number of hydrogen-bond acceptors (Lipinski definition) is 4. The van der Waals surface area contributed by atoms with Crippen molar-refractivity contribution in [2.75, 3.05) is 11.5 Å². The van der Waals surface area contributed by atoms with Gasteiger partial charge in [-0.1, -0.05) is 30.3 Å².